The van der Waals surface area contributed by atoms with Gasteiger partial charge in [0.25, 0.3) is 0 Å². The van der Waals surface area contributed by atoms with Crippen LogP contribution in [0.2, 0.25) is 0 Å². The van der Waals surface area contributed by atoms with Crippen molar-refractivity contribution in [3.05, 3.63) is 46.2 Å². The van der Waals surface area contributed by atoms with Crippen molar-refractivity contribution < 1.29 is 0 Å². The number of benzene rings is 1. The van der Waals surface area contributed by atoms with Gasteiger partial charge in [-0.1, -0.05) is 55.8 Å². The summed E-state index contributed by atoms with van der Waals surface area (Å²) < 4.78 is 2.50. The van der Waals surface area contributed by atoms with Gasteiger partial charge in [0.05, 0.1) is 11.7 Å². The summed E-state index contributed by atoms with van der Waals surface area (Å²) in [5, 5.41) is 8.15. The Balaban J connectivity index is 2.48. The molecular formula is C15H22BrN5. The van der Waals surface area contributed by atoms with Gasteiger partial charge in [-0.25, -0.2) is 4.68 Å². The molecule has 3 N–H and O–H groups in total. The molecule has 0 fully saturated rings. The third-order valence-electron chi connectivity index (χ3n) is 4.10. The Bertz CT molecular complexity index is 549. The van der Waals surface area contributed by atoms with Crippen molar-refractivity contribution in [1.82, 2.24) is 20.4 Å². The van der Waals surface area contributed by atoms with Gasteiger partial charge in [-0.05, 0) is 27.4 Å². The van der Waals surface area contributed by atoms with Crippen molar-refractivity contribution >= 4 is 15.9 Å². The lowest BCUT2D eigenvalue weighted by atomic mass is 9.79. The first kappa shape index (κ1) is 16.1. The molecule has 0 aliphatic heterocycles. The van der Waals surface area contributed by atoms with Crippen molar-refractivity contribution in [3.63, 3.8) is 0 Å². The van der Waals surface area contributed by atoms with Crippen LogP contribution in [0.25, 0.3) is 0 Å². The summed E-state index contributed by atoms with van der Waals surface area (Å²) >= 11 is 3.48. The molecular weight excluding hydrogens is 330 g/mol. The summed E-state index contributed by atoms with van der Waals surface area (Å²) in [6.45, 7) is 4.45. The van der Waals surface area contributed by atoms with E-state index in [4.69, 9.17) is 5.84 Å². The Labute approximate surface area is 134 Å². The van der Waals surface area contributed by atoms with E-state index in [1.54, 1.807) is 4.68 Å². The largest absolute Gasteiger partial charge is 0.271 e. The molecule has 0 saturated heterocycles. The lowest BCUT2D eigenvalue weighted by Crippen LogP contribution is -2.36. The average Bonchev–Trinajstić information content (AvgIpc) is 2.84. The average molecular weight is 352 g/mol. The molecule has 1 heterocycles. The Kier molecular flexibility index (Phi) is 5.50. The molecule has 6 heteroatoms. The Hall–Kier alpha value is -1.24. The SMILES string of the molecule is CCC(C)C(c1ccccc1)C(NN)c1c(Br)nnn1C. The summed E-state index contributed by atoms with van der Waals surface area (Å²) in [6, 6.07) is 10.4. The van der Waals surface area contributed by atoms with Gasteiger partial charge >= 0.3 is 0 Å². The van der Waals surface area contributed by atoms with Crippen LogP contribution in [0.1, 0.15) is 43.5 Å². The molecule has 21 heavy (non-hydrogen) atoms. The Morgan fingerprint density at radius 2 is 2.00 bits per heavy atom. The molecule has 0 radical (unpaired) electrons. The van der Waals surface area contributed by atoms with Crippen molar-refractivity contribution in [3.8, 4) is 0 Å². The zero-order valence-electron chi connectivity index (χ0n) is 12.6. The normalized spacial score (nSPS) is 15.7. The fourth-order valence-corrected chi connectivity index (χ4v) is 3.37. The van der Waals surface area contributed by atoms with Crippen LogP contribution >= 0.6 is 15.9 Å². The number of aromatic nitrogens is 3. The van der Waals surface area contributed by atoms with Gasteiger partial charge in [-0.2, -0.15) is 0 Å². The second-order valence-corrected chi connectivity index (χ2v) is 6.11. The van der Waals surface area contributed by atoms with Gasteiger partial charge < -0.3 is 0 Å². The second kappa shape index (κ2) is 7.15. The predicted octanol–water partition coefficient (Wildman–Crippen LogP) is 2.91. The number of hydrazine groups is 1. The Morgan fingerprint density at radius 1 is 1.33 bits per heavy atom. The first-order chi connectivity index (χ1) is 10.1. The zero-order chi connectivity index (χ0) is 15.4. The van der Waals surface area contributed by atoms with Crippen LogP contribution in [0, 0.1) is 5.92 Å². The van der Waals surface area contributed by atoms with E-state index in [-0.39, 0.29) is 12.0 Å². The second-order valence-electron chi connectivity index (χ2n) is 5.36. The molecule has 2 rings (SSSR count). The summed E-state index contributed by atoms with van der Waals surface area (Å²) in [5.41, 5.74) is 5.20. The maximum Gasteiger partial charge on any atom is 0.153 e. The maximum atomic E-state index is 5.89. The standard InChI is InChI=1S/C15H22BrN5/c1-4-10(2)12(11-8-6-5-7-9-11)13(18-17)14-15(16)19-20-21(14)3/h5-10,12-13,18H,4,17H2,1-3H3. The lowest BCUT2D eigenvalue weighted by Gasteiger charge is -2.31. The van der Waals surface area contributed by atoms with Crippen LogP contribution in [-0.2, 0) is 7.05 Å². The summed E-state index contributed by atoms with van der Waals surface area (Å²) in [5.74, 6) is 6.61. The minimum absolute atomic E-state index is 0.0586. The molecule has 3 atom stereocenters. The van der Waals surface area contributed by atoms with Crippen LogP contribution in [0.4, 0.5) is 0 Å². The van der Waals surface area contributed by atoms with Crippen molar-refractivity contribution in [2.24, 2.45) is 18.8 Å². The molecule has 0 saturated carbocycles. The van der Waals surface area contributed by atoms with Crippen molar-refractivity contribution in [2.45, 2.75) is 32.2 Å². The van der Waals surface area contributed by atoms with E-state index in [9.17, 15) is 0 Å². The summed E-state index contributed by atoms with van der Waals surface area (Å²) in [7, 11) is 1.89. The predicted molar refractivity (Wildman–Crippen MR) is 87.4 cm³/mol. The topological polar surface area (TPSA) is 68.8 Å². The number of aryl methyl sites for hydroxylation is 1. The molecule has 0 amide bonds. The molecule has 1 aromatic carbocycles. The fourth-order valence-electron chi connectivity index (χ4n) is 2.80. The van der Waals surface area contributed by atoms with Crippen LogP contribution < -0.4 is 11.3 Å². The van der Waals surface area contributed by atoms with Gasteiger partial charge in [0.1, 0.15) is 0 Å². The molecule has 5 nitrogen and oxygen atoms in total. The van der Waals surface area contributed by atoms with Gasteiger partial charge in [0.2, 0.25) is 0 Å². The van der Waals surface area contributed by atoms with E-state index < -0.39 is 0 Å². The third kappa shape index (κ3) is 3.33. The molecule has 0 bridgehead atoms. The highest BCUT2D eigenvalue weighted by Gasteiger charge is 2.32. The first-order valence-electron chi connectivity index (χ1n) is 7.16. The Morgan fingerprint density at radius 3 is 2.48 bits per heavy atom. The third-order valence-corrected chi connectivity index (χ3v) is 4.67. The van der Waals surface area contributed by atoms with Crippen LogP contribution in [0.5, 0.6) is 0 Å². The maximum absolute atomic E-state index is 5.89. The molecule has 1 aromatic heterocycles. The molecule has 2 aromatic rings. The van der Waals surface area contributed by atoms with E-state index in [2.05, 4.69) is 69.8 Å². The van der Waals surface area contributed by atoms with Crippen molar-refractivity contribution in [2.75, 3.05) is 0 Å². The molecule has 0 aliphatic carbocycles. The van der Waals surface area contributed by atoms with Gasteiger partial charge in [-0.3, -0.25) is 11.3 Å². The number of nitrogens with zero attached hydrogens (tertiary/aromatic N) is 3. The van der Waals surface area contributed by atoms with Gasteiger partial charge in [0, 0.05) is 13.0 Å². The van der Waals surface area contributed by atoms with Crippen LogP contribution in [-0.4, -0.2) is 15.0 Å². The van der Waals surface area contributed by atoms with E-state index in [1.165, 1.54) is 5.56 Å². The van der Waals surface area contributed by atoms with Crippen LogP contribution in [0.3, 0.4) is 0 Å². The molecule has 0 aliphatic rings. The van der Waals surface area contributed by atoms with E-state index >= 15 is 0 Å². The monoisotopic (exact) mass is 351 g/mol. The molecule has 114 valence electrons. The minimum Gasteiger partial charge on any atom is -0.271 e. The smallest absolute Gasteiger partial charge is 0.153 e. The van der Waals surface area contributed by atoms with E-state index in [1.807, 2.05) is 13.1 Å². The number of nitrogens with two attached hydrogens (primary N) is 1. The number of hydrogen-bond acceptors (Lipinski definition) is 4. The lowest BCUT2D eigenvalue weighted by molar-refractivity contribution is 0.330. The number of halogens is 1. The summed E-state index contributed by atoms with van der Waals surface area (Å²) in [4.78, 5) is 0. The van der Waals surface area contributed by atoms with Crippen molar-refractivity contribution in [1.29, 1.82) is 0 Å². The number of hydrogen-bond donors (Lipinski definition) is 2. The highest BCUT2D eigenvalue weighted by molar-refractivity contribution is 9.10. The van der Waals surface area contributed by atoms with E-state index in [0.29, 0.717) is 5.92 Å². The molecule has 0 spiro atoms. The number of rotatable bonds is 6. The van der Waals surface area contributed by atoms with Crippen LogP contribution in [0.15, 0.2) is 34.9 Å². The highest BCUT2D eigenvalue weighted by atomic mass is 79.9. The fraction of sp³-hybridized carbons (Fsp3) is 0.467. The first-order valence-corrected chi connectivity index (χ1v) is 7.95. The minimum atomic E-state index is -0.0586. The quantitative estimate of drug-likeness (QED) is 0.620. The molecule has 3 unspecified atom stereocenters. The number of nitrogens with one attached hydrogen (secondary N) is 1. The van der Waals surface area contributed by atoms with Gasteiger partial charge in [-0.15, -0.1) is 5.10 Å². The zero-order valence-corrected chi connectivity index (χ0v) is 14.2. The highest BCUT2D eigenvalue weighted by Crippen LogP contribution is 2.39. The summed E-state index contributed by atoms with van der Waals surface area (Å²) in [6.07, 6.45) is 1.07. The van der Waals surface area contributed by atoms with Gasteiger partial charge in [0.15, 0.2) is 4.60 Å². The van der Waals surface area contributed by atoms with E-state index in [0.717, 1.165) is 16.7 Å².